The van der Waals surface area contributed by atoms with E-state index in [0.717, 1.165) is 16.5 Å². The number of aryl methyl sites for hydroxylation is 2. The number of furan rings is 1. The zero-order chi connectivity index (χ0) is 18.7. The fraction of sp³-hybridized carbons (Fsp3) is 0.300. The predicted octanol–water partition coefficient (Wildman–Crippen LogP) is 3.26. The smallest absolute Gasteiger partial charge is 0.339 e. The van der Waals surface area contributed by atoms with Crippen molar-refractivity contribution in [1.82, 2.24) is 5.32 Å². The van der Waals surface area contributed by atoms with Crippen molar-refractivity contribution >= 4 is 16.9 Å². The standard InChI is InChI=1S/C20H21NO5/c1-12-15-6-8-17(24-3)13(2)19(15)26-20(23)16(12)7-9-18(22)21-11-14-5-4-10-25-14/h4-6,8,10H,7,9,11H2,1-3H3,(H,21,22). The molecule has 6 heteroatoms. The lowest BCUT2D eigenvalue weighted by molar-refractivity contribution is -0.121. The minimum absolute atomic E-state index is 0.147. The SMILES string of the molecule is COc1ccc2c(C)c(CCC(=O)NCc3ccco3)c(=O)oc2c1C. The molecule has 1 N–H and O–H groups in total. The van der Waals surface area contributed by atoms with Crippen molar-refractivity contribution < 1.29 is 18.4 Å². The van der Waals surface area contributed by atoms with E-state index < -0.39 is 5.63 Å². The second kappa shape index (κ2) is 7.47. The van der Waals surface area contributed by atoms with Gasteiger partial charge in [0.15, 0.2) is 0 Å². The van der Waals surface area contributed by atoms with Gasteiger partial charge in [0, 0.05) is 22.9 Å². The van der Waals surface area contributed by atoms with Crippen LogP contribution in [0.5, 0.6) is 5.75 Å². The number of carbonyl (C=O) groups is 1. The number of benzene rings is 1. The second-order valence-electron chi connectivity index (χ2n) is 6.12. The van der Waals surface area contributed by atoms with E-state index in [1.165, 1.54) is 0 Å². The molecule has 0 spiro atoms. The Morgan fingerprint density at radius 3 is 2.69 bits per heavy atom. The van der Waals surface area contributed by atoms with Gasteiger partial charge in [-0.3, -0.25) is 4.79 Å². The summed E-state index contributed by atoms with van der Waals surface area (Å²) in [6.07, 6.45) is 2.08. The summed E-state index contributed by atoms with van der Waals surface area (Å²) in [4.78, 5) is 24.4. The van der Waals surface area contributed by atoms with Gasteiger partial charge in [0.25, 0.3) is 0 Å². The molecule has 0 saturated heterocycles. The zero-order valence-electron chi connectivity index (χ0n) is 15.0. The highest BCUT2D eigenvalue weighted by Crippen LogP contribution is 2.29. The van der Waals surface area contributed by atoms with E-state index in [1.54, 1.807) is 25.5 Å². The molecule has 6 nitrogen and oxygen atoms in total. The van der Waals surface area contributed by atoms with Crippen LogP contribution in [0.15, 0.2) is 44.2 Å². The monoisotopic (exact) mass is 355 g/mol. The highest BCUT2D eigenvalue weighted by Gasteiger charge is 2.16. The number of nitrogens with one attached hydrogen (secondary N) is 1. The van der Waals surface area contributed by atoms with Crippen molar-refractivity contribution in [2.24, 2.45) is 0 Å². The van der Waals surface area contributed by atoms with E-state index in [4.69, 9.17) is 13.6 Å². The van der Waals surface area contributed by atoms with E-state index >= 15 is 0 Å². The maximum Gasteiger partial charge on any atom is 0.339 e. The number of hydrogen-bond acceptors (Lipinski definition) is 5. The Labute approximate surface area is 150 Å². The molecule has 0 aliphatic carbocycles. The van der Waals surface area contributed by atoms with Crippen molar-refractivity contribution in [1.29, 1.82) is 0 Å². The molecule has 0 aliphatic heterocycles. The summed E-state index contributed by atoms with van der Waals surface area (Å²) in [5.74, 6) is 1.21. The van der Waals surface area contributed by atoms with Crippen LogP contribution in [-0.4, -0.2) is 13.0 Å². The van der Waals surface area contributed by atoms with Crippen LogP contribution >= 0.6 is 0 Å². The van der Waals surface area contributed by atoms with Gasteiger partial charge in [-0.25, -0.2) is 4.79 Å². The first kappa shape index (κ1) is 17.8. The molecule has 0 bridgehead atoms. The number of carbonyl (C=O) groups excluding carboxylic acids is 1. The number of hydrogen-bond donors (Lipinski definition) is 1. The lowest BCUT2D eigenvalue weighted by atomic mass is 10.0. The molecule has 3 aromatic rings. The lowest BCUT2D eigenvalue weighted by Crippen LogP contribution is -2.24. The molecule has 136 valence electrons. The van der Waals surface area contributed by atoms with Crippen molar-refractivity contribution in [3.05, 3.63) is 63.4 Å². The van der Waals surface area contributed by atoms with Crippen molar-refractivity contribution in [2.75, 3.05) is 7.11 Å². The van der Waals surface area contributed by atoms with Gasteiger partial charge in [-0.15, -0.1) is 0 Å². The van der Waals surface area contributed by atoms with Crippen LogP contribution in [0.1, 0.15) is 28.9 Å². The number of rotatable bonds is 6. The Bertz CT molecular complexity index is 986. The van der Waals surface area contributed by atoms with E-state index in [1.807, 2.05) is 26.0 Å². The van der Waals surface area contributed by atoms with Crippen LogP contribution < -0.4 is 15.7 Å². The molecule has 0 saturated carbocycles. The molecule has 1 amide bonds. The molecule has 3 rings (SSSR count). The van der Waals surface area contributed by atoms with Gasteiger partial charge in [-0.1, -0.05) is 0 Å². The van der Waals surface area contributed by atoms with Gasteiger partial charge >= 0.3 is 5.63 Å². The predicted molar refractivity (Wildman–Crippen MR) is 97.4 cm³/mol. The fourth-order valence-electron chi connectivity index (χ4n) is 3.01. The maximum atomic E-state index is 12.4. The minimum atomic E-state index is -0.412. The lowest BCUT2D eigenvalue weighted by Gasteiger charge is -2.11. The van der Waals surface area contributed by atoms with E-state index in [9.17, 15) is 9.59 Å². The molecule has 2 aromatic heterocycles. The minimum Gasteiger partial charge on any atom is -0.496 e. The molecule has 1 aromatic carbocycles. The third-order valence-corrected chi connectivity index (χ3v) is 4.52. The van der Waals surface area contributed by atoms with E-state index in [2.05, 4.69) is 5.32 Å². The van der Waals surface area contributed by atoms with Gasteiger partial charge in [0.1, 0.15) is 17.1 Å². The molecule has 0 aliphatic rings. The van der Waals surface area contributed by atoms with Crippen LogP contribution in [0.25, 0.3) is 11.0 Å². The molecular weight excluding hydrogens is 334 g/mol. The Morgan fingerprint density at radius 2 is 2.00 bits per heavy atom. The van der Waals surface area contributed by atoms with Gasteiger partial charge in [0.05, 0.1) is 19.9 Å². The topological polar surface area (TPSA) is 81.7 Å². The van der Waals surface area contributed by atoms with Gasteiger partial charge in [-0.05, 0) is 50.1 Å². The summed E-state index contributed by atoms with van der Waals surface area (Å²) in [5.41, 5.74) is 2.26. The summed E-state index contributed by atoms with van der Waals surface area (Å²) in [6.45, 7) is 4.06. The van der Waals surface area contributed by atoms with Crippen LogP contribution in [0.3, 0.4) is 0 Å². The normalized spacial score (nSPS) is 10.9. The van der Waals surface area contributed by atoms with Crippen LogP contribution in [0.2, 0.25) is 0 Å². The quantitative estimate of drug-likeness (QED) is 0.686. The molecule has 0 unspecified atom stereocenters. The van der Waals surface area contributed by atoms with Gasteiger partial charge in [0.2, 0.25) is 5.91 Å². The average molecular weight is 355 g/mol. The first-order chi connectivity index (χ1) is 12.5. The zero-order valence-corrected chi connectivity index (χ0v) is 15.0. The Kier molecular flexibility index (Phi) is 5.11. The summed E-state index contributed by atoms with van der Waals surface area (Å²) in [6, 6.07) is 7.28. The summed E-state index contributed by atoms with van der Waals surface area (Å²) < 4.78 is 16.0. The second-order valence-corrected chi connectivity index (χ2v) is 6.12. The van der Waals surface area contributed by atoms with Crippen molar-refractivity contribution in [2.45, 2.75) is 33.2 Å². The first-order valence-electron chi connectivity index (χ1n) is 8.40. The highest BCUT2D eigenvalue weighted by atomic mass is 16.5. The van der Waals surface area contributed by atoms with Crippen molar-refractivity contribution in [3.8, 4) is 5.75 Å². The highest BCUT2D eigenvalue weighted by molar-refractivity contribution is 5.85. The van der Waals surface area contributed by atoms with Crippen LogP contribution in [-0.2, 0) is 17.8 Å². The van der Waals surface area contributed by atoms with Gasteiger partial charge < -0.3 is 18.9 Å². The van der Waals surface area contributed by atoms with Gasteiger partial charge in [-0.2, -0.15) is 0 Å². The fourth-order valence-corrected chi connectivity index (χ4v) is 3.01. The number of amides is 1. The largest absolute Gasteiger partial charge is 0.496 e. The third kappa shape index (κ3) is 3.49. The maximum absolute atomic E-state index is 12.4. The van der Waals surface area contributed by atoms with Crippen molar-refractivity contribution in [3.63, 3.8) is 0 Å². The van der Waals surface area contributed by atoms with E-state index in [-0.39, 0.29) is 12.3 Å². The number of methoxy groups -OCH3 is 1. The summed E-state index contributed by atoms with van der Waals surface area (Å²) >= 11 is 0. The Hall–Kier alpha value is -3.02. The Morgan fingerprint density at radius 1 is 1.19 bits per heavy atom. The van der Waals surface area contributed by atoms with Crippen LogP contribution in [0, 0.1) is 13.8 Å². The third-order valence-electron chi connectivity index (χ3n) is 4.52. The molecule has 0 fully saturated rings. The van der Waals surface area contributed by atoms with Crippen LogP contribution in [0.4, 0.5) is 0 Å². The molecule has 0 radical (unpaired) electrons. The first-order valence-corrected chi connectivity index (χ1v) is 8.40. The summed E-state index contributed by atoms with van der Waals surface area (Å²) in [7, 11) is 1.58. The molecule has 0 atom stereocenters. The Balaban J connectivity index is 1.77. The average Bonchev–Trinajstić information content (AvgIpc) is 3.14. The number of fused-ring (bicyclic) bond motifs is 1. The van der Waals surface area contributed by atoms with E-state index in [0.29, 0.717) is 35.6 Å². The molecule has 2 heterocycles. The molecule has 26 heavy (non-hydrogen) atoms. The molecular formula is C20H21NO5. The summed E-state index contributed by atoms with van der Waals surface area (Å²) in [5, 5.41) is 3.63. The number of ether oxygens (including phenoxy) is 1.